The monoisotopic (exact) mass is 291 g/mol. The average Bonchev–Trinajstić information content (AvgIpc) is 3.18. The van der Waals surface area contributed by atoms with Crippen molar-refractivity contribution in [2.45, 2.75) is 18.9 Å². The summed E-state index contributed by atoms with van der Waals surface area (Å²) in [6, 6.07) is 22.1. The molecule has 0 spiro atoms. The van der Waals surface area contributed by atoms with Crippen LogP contribution in [-0.4, -0.2) is 0 Å². The van der Waals surface area contributed by atoms with Crippen LogP contribution in [0.3, 0.4) is 0 Å². The van der Waals surface area contributed by atoms with Gasteiger partial charge in [0.2, 0.25) is 0 Å². The highest BCUT2D eigenvalue weighted by Crippen LogP contribution is 2.37. The van der Waals surface area contributed by atoms with Crippen molar-refractivity contribution >= 4 is 17.0 Å². The van der Waals surface area contributed by atoms with E-state index in [9.17, 15) is 0 Å². The van der Waals surface area contributed by atoms with Crippen LogP contribution in [0.2, 0.25) is 0 Å². The highest BCUT2D eigenvalue weighted by atomic mass is 32.1. The Bertz CT molecular complexity index is 746. The van der Waals surface area contributed by atoms with Crippen molar-refractivity contribution in [2.75, 3.05) is 5.32 Å². The second kappa shape index (κ2) is 5.38. The molecule has 1 heterocycles. The number of para-hydroxylation sites is 1. The molecule has 1 atom stereocenters. The van der Waals surface area contributed by atoms with E-state index in [0.29, 0.717) is 6.04 Å². The van der Waals surface area contributed by atoms with Gasteiger partial charge in [-0.05, 0) is 41.5 Å². The van der Waals surface area contributed by atoms with Gasteiger partial charge >= 0.3 is 0 Å². The first kappa shape index (κ1) is 12.7. The van der Waals surface area contributed by atoms with Gasteiger partial charge in [-0.2, -0.15) is 0 Å². The molecule has 1 nitrogen and oxygen atoms in total. The minimum atomic E-state index is 0.433. The van der Waals surface area contributed by atoms with Gasteiger partial charge in [0.1, 0.15) is 0 Å². The van der Waals surface area contributed by atoms with Gasteiger partial charge in [0.15, 0.2) is 0 Å². The number of rotatable bonds is 3. The molecule has 4 rings (SSSR count). The van der Waals surface area contributed by atoms with Crippen LogP contribution in [-0.2, 0) is 6.42 Å². The summed E-state index contributed by atoms with van der Waals surface area (Å²) >= 11 is 1.79. The van der Waals surface area contributed by atoms with Crippen LogP contribution in [0.1, 0.15) is 23.6 Å². The lowest BCUT2D eigenvalue weighted by atomic mass is 10.1. The number of aryl methyl sites for hydroxylation is 1. The third kappa shape index (κ3) is 2.36. The quantitative estimate of drug-likeness (QED) is 0.670. The van der Waals surface area contributed by atoms with E-state index >= 15 is 0 Å². The summed E-state index contributed by atoms with van der Waals surface area (Å²) in [5.74, 6) is 0. The van der Waals surface area contributed by atoms with Crippen molar-refractivity contribution < 1.29 is 0 Å². The summed E-state index contributed by atoms with van der Waals surface area (Å²) in [5.41, 5.74) is 5.49. The van der Waals surface area contributed by atoms with Crippen LogP contribution in [0.25, 0.3) is 10.4 Å². The van der Waals surface area contributed by atoms with Crippen LogP contribution in [0, 0.1) is 0 Å². The summed E-state index contributed by atoms with van der Waals surface area (Å²) < 4.78 is 0. The standard InChI is InChI=1S/C19H17NS/c1-2-7-15-14(6-1)11-12-18(15)20-17-9-4-3-8-16(17)19-10-5-13-21-19/h1-10,13,18,20H,11-12H2. The van der Waals surface area contributed by atoms with Gasteiger partial charge in [-0.25, -0.2) is 0 Å². The predicted molar refractivity (Wildman–Crippen MR) is 90.9 cm³/mol. The summed E-state index contributed by atoms with van der Waals surface area (Å²) in [6.45, 7) is 0. The van der Waals surface area contributed by atoms with E-state index in [4.69, 9.17) is 0 Å². The van der Waals surface area contributed by atoms with Crippen LogP contribution in [0.15, 0.2) is 66.0 Å². The van der Waals surface area contributed by atoms with Gasteiger partial charge in [0, 0.05) is 16.1 Å². The Morgan fingerprint density at radius 3 is 2.67 bits per heavy atom. The lowest BCUT2D eigenvalue weighted by Crippen LogP contribution is -2.07. The molecule has 104 valence electrons. The third-order valence-electron chi connectivity index (χ3n) is 4.18. The molecule has 0 fully saturated rings. The molecule has 1 unspecified atom stereocenters. The molecule has 2 aromatic carbocycles. The molecule has 0 radical (unpaired) electrons. The van der Waals surface area contributed by atoms with E-state index in [1.54, 1.807) is 11.3 Å². The van der Waals surface area contributed by atoms with E-state index < -0.39 is 0 Å². The van der Waals surface area contributed by atoms with Crippen molar-refractivity contribution in [3.8, 4) is 10.4 Å². The van der Waals surface area contributed by atoms with Gasteiger partial charge in [0.25, 0.3) is 0 Å². The smallest absolute Gasteiger partial charge is 0.0519 e. The molecule has 21 heavy (non-hydrogen) atoms. The lowest BCUT2D eigenvalue weighted by Gasteiger charge is -2.18. The first-order chi connectivity index (χ1) is 10.4. The van der Waals surface area contributed by atoms with E-state index in [2.05, 4.69) is 71.4 Å². The molecule has 3 aromatic rings. The largest absolute Gasteiger partial charge is 0.378 e. The summed E-state index contributed by atoms with van der Waals surface area (Å²) in [6.07, 6.45) is 2.35. The molecule has 2 heteroatoms. The Morgan fingerprint density at radius 2 is 1.76 bits per heavy atom. The summed E-state index contributed by atoms with van der Waals surface area (Å²) in [5, 5.41) is 5.90. The maximum absolute atomic E-state index is 3.76. The van der Waals surface area contributed by atoms with Crippen molar-refractivity contribution in [1.82, 2.24) is 0 Å². The number of nitrogens with one attached hydrogen (secondary N) is 1. The number of hydrogen-bond donors (Lipinski definition) is 1. The van der Waals surface area contributed by atoms with Crippen LogP contribution >= 0.6 is 11.3 Å². The topological polar surface area (TPSA) is 12.0 Å². The van der Waals surface area contributed by atoms with Crippen molar-refractivity contribution in [3.05, 3.63) is 77.2 Å². The number of benzene rings is 2. The fourth-order valence-electron chi connectivity index (χ4n) is 3.15. The molecule has 0 aliphatic heterocycles. The van der Waals surface area contributed by atoms with Crippen LogP contribution < -0.4 is 5.32 Å². The second-order valence-electron chi connectivity index (χ2n) is 5.46. The Labute approximate surface area is 129 Å². The number of anilines is 1. The van der Waals surface area contributed by atoms with E-state index in [0.717, 1.165) is 0 Å². The van der Waals surface area contributed by atoms with E-state index in [1.807, 2.05) is 0 Å². The first-order valence-corrected chi connectivity index (χ1v) is 8.27. The van der Waals surface area contributed by atoms with Gasteiger partial charge < -0.3 is 5.32 Å². The molecular weight excluding hydrogens is 274 g/mol. The highest BCUT2D eigenvalue weighted by Gasteiger charge is 2.22. The Kier molecular flexibility index (Phi) is 3.24. The fraction of sp³-hybridized carbons (Fsp3) is 0.158. The second-order valence-corrected chi connectivity index (χ2v) is 6.40. The van der Waals surface area contributed by atoms with Gasteiger partial charge in [-0.1, -0.05) is 48.5 Å². The predicted octanol–water partition coefficient (Wildman–Crippen LogP) is 5.51. The SMILES string of the molecule is c1csc(-c2ccccc2NC2CCc3ccccc32)c1. The average molecular weight is 291 g/mol. The first-order valence-electron chi connectivity index (χ1n) is 7.39. The molecule has 0 saturated carbocycles. The van der Waals surface area contributed by atoms with Crippen molar-refractivity contribution in [1.29, 1.82) is 0 Å². The lowest BCUT2D eigenvalue weighted by molar-refractivity contribution is 0.762. The third-order valence-corrected chi connectivity index (χ3v) is 5.08. The fourth-order valence-corrected chi connectivity index (χ4v) is 3.92. The molecule has 0 bridgehead atoms. The normalized spacial score (nSPS) is 16.7. The minimum absolute atomic E-state index is 0.433. The molecule has 1 aromatic heterocycles. The molecular formula is C19H17NS. The zero-order valence-electron chi connectivity index (χ0n) is 11.8. The molecule has 1 aliphatic rings. The van der Waals surface area contributed by atoms with E-state index in [-0.39, 0.29) is 0 Å². The van der Waals surface area contributed by atoms with Gasteiger partial charge in [0.05, 0.1) is 6.04 Å². The van der Waals surface area contributed by atoms with Crippen LogP contribution in [0.4, 0.5) is 5.69 Å². The zero-order valence-corrected chi connectivity index (χ0v) is 12.6. The van der Waals surface area contributed by atoms with Gasteiger partial charge in [-0.3, -0.25) is 0 Å². The number of fused-ring (bicyclic) bond motifs is 1. The molecule has 1 aliphatic carbocycles. The zero-order chi connectivity index (χ0) is 14.1. The molecule has 0 saturated heterocycles. The maximum atomic E-state index is 3.76. The minimum Gasteiger partial charge on any atom is -0.378 e. The van der Waals surface area contributed by atoms with E-state index in [1.165, 1.54) is 40.1 Å². The van der Waals surface area contributed by atoms with Crippen molar-refractivity contribution in [3.63, 3.8) is 0 Å². The Balaban J connectivity index is 1.67. The maximum Gasteiger partial charge on any atom is 0.0519 e. The Morgan fingerprint density at radius 1 is 0.905 bits per heavy atom. The number of hydrogen-bond acceptors (Lipinski definition) is 2. The summed E-state index contributed by atoms with van der Waals surface area (Å²) in [7, 11) is 0. The van der Waals surface area contributed by atoms with Crippen LogP contribution in [0.5, 0.6) is 0 Å². The molecule has 0 amide bonds. The Hall–Kier alpha value is -2.06. The number of thiophene rings is 1. The highest BCUT2D eigenvalue weighted by molar-refractivity contribution is 7.13. The summed E-state index contributed by atoms with van der Waals surface area (Å²) in [4.78, 5) is 1.32. The molecule has 1 N–H and O–H groups in total. The van der Waals surface area contributed by atoms with Crippen molar-refractivity contribution in [2.24, 2.45) is 0 Å². The van der Waals surface area contributed by atoms with Gasteiger partial charge in [-0.15, -0.1) is 11.3 Å².